The van der Waals surface area contributed by atoms with E-state index in [1.54, 1.807) is 6.21 Å². The maximum atomic E-state index is 13.3. The average Bonchev–Trinajstić information content (AvgIpc) is 2.81. The van der Waals surface area contributed by atoms with Gasteiger partial charge in [0.1, 0.15) is 5.82 Å². The van der Waals surface area contributed by atoms with Gasteiger partial charge in [-0.3, -0.25) is 4.79 Å². The molecule has 0 spiro atoms. The average molecular weight is 420 g/mol. The Morgan fingerprint density at radius 3 is 2.55 bits per heavy atom. The minimum Gasteiger partial charge on any atom is -0.490 e. The minimum absolute atomic E-state index is 0.126. The summed E-state index contributed by atoms with van der Waals surface area (Å²) in [6.45, 7) is 4.99. The molecule has 0 unspecified atom stereocenters. The highest BCUT2D eigenvalue weighted by molar-refractivity contribution is 5.81. The van der Waals surface area contributed by atoms with Crippen molar-refractivity contribution < 1.29 is 9.47 Å². The van der Waals surface area contributed by atoms with Gasteiger partial charge in [-0.15, -0.1) is 0 Å². The van der Waals surface area contributed by atoms with Gasteiger partial charge in [-0.1, -0.05) is 31.4 Å². The van der Waals surface area contributed by atoms with Crippen molar-refractivity contribution in [2.75, 3.05) is 13.2 Å². The quantitative estimate of drug-likeness (QED) is 0.498. The normalized spacial score (nSPS) is 14.9. The lowest BCUT2D eigenvalue weighted by atomic mass is 9.88. The molecule has 1 heterocycles. The van der Waals surface area contributed by atoms with E-state index >= 15 is 0 Å². The van der Waals surface area contributed by atoms with E-state index < -0.39 is 0 Å². The van der Waals surface area contributed by atoms with E-state index in [4.69, 9.17) is 14.5 Å². The van der Waals surface area contributed by atoms with E-state index in [0.717, 1.165) is 42.6 Å². The SMILES string of the molecule is CCOc1ccc(C=Nn2c(C3CCCCC3)nc3ccccc3c2=O)cc1OCC. The van der Waals surface area contributed by atoms with Crippen molar-refractivity contribution >= 4 is 17.1 Å². The van der Waals surface area contributed by atoms with Crippen molar-refractivity contribution in [3.63, 3.8) is 0 Å². The zero-order chi connectivity index (χ0) is 21.6. The van der Waals surface area contributed by atoms with Crippen LogP contribution in [0.15, 0.2) is 52.4 Å². The summed E-state index contributed by atoms with van der Waals surface area (Å²) in [4.78, 5) is 18.1. The summed E-state index contributed by atoms with van der Waals surface area (Å²) < 4.78 is 12.8. The maximum Gasteiger partial charge on any atom is 0.282 e. The van der Waals surface area contributed by atoms with Gasteiger partial charge in [0.15, 0.2) is 11.5 Å². The first-order chi connectivity index (χ1) is 15.2. The van der Waals surface area contributed by atoms with E-state index in [2.05, 4.69) is 5.10 Å². The van der Waals surface area contributed by atoms with Gasteiger partial charge in [0, 0.05) is 5.92 Å². The highest BCUT2D eigenvalue weighted by Crippen LogP contribution is 2.32. The van der Waals surface area contributed by atoms with E-state index in [9.17, 15) is 4.79 Å². The molecule has 2 aromatic carbocycles. The van der Waals surface area contributed by atoms with Gasteiger partial charge < -0.3 is 9.47 Å². The van der Waals surface area contributed by atoms with Crippen molar-refractivity contribution in [1.29, 1.82) is 0 Å². The molecule has 0 bridgehead atoms. The molecular weight excluding hydrogens is 390 g/mol. The van der Waals surface area contributed by atoms with Crippen LogP contribution >= 0.6 is 0 Å². The molecule has 0 radical (unpaired) electrons. The third kappa shape index (κ3) is 4.63. The molecule has 3 aromatic rings. The Labute approximate surface area is 182 Å². The zero-order valence-corrected chi connectivity index (χ0v) is 18.2. The molecule has 6 heteroatoms. The monoisotopic (exact) mass is 419 g/mol. The van der Waals surface area contributed by atoms with E-state index in [1.807, 2.05) is 56.3 Å². The van der Waals surface area contributed by atoms with E-state index in [1.165, 1.54) is 11.1 Å². The molecule has 0 N–H and O–H groups in total. The lowest BCUT2D eigenvalue weighted by molar-refractivity contribution is 0.288. The first kappa shape index (κ1) is 21.1. The molecule has 0 saturated heterocycles. The van der Waals surface area contributed by atoms with Crippen molar-refractivity contribution in [1.82, 2.24) is 9.66 Å². The van der Waals surface area contributed by atoms with Crippen LogP contribution in [0.25, 0.3) is 10.9 Å². The number of hydrogen-bond acceptors (Lipinski definition) is 5. The maximum absolute atomic E-state index is 13.3. The number of nitrogens with zero attached hydrogens (tertiary/aromatic N) is 3. The number of hydrogen-bond donors (Lipinski definition) is 0. The van der Waals surface area contributed by atoms with Crippen molar-refractivity contribution in [3.05, 3.63) is 64.2 Å². The summed E-state index contributed by atoms with van der Waals surface area (Å²) >= 11 is 0. The number of benzene rings is 2. The number of ether oxygens (including phenoxy) is 2. The van der Waals surface area contributed by atoms with Crippen LogP contribution in [0.1, 0.15) is 63.3 Å². The fourth-order valence-corrected chi connectivity index (χ4v) is 4.15. The highest BCUT2D eigenvalue weighted by atomic mass is 16.5. The second-order valence-electron chi connectivity index (χ2n) is 7.76. The van der Waals surface area contributed by atoms with Gasteiger partial charge in [-0.05, 0) is 62.6 Å². The van der Waals surface area contributed by atoms with Crippen molar-refractivity contribution in [2.45, 2.75) is 51.9 Å². The molecule has 0 aliphatic heterocycles. The van der Waals surface area contributed by atoms with Crippen LogP contribution in [-0.2, 0) is 0 Å². The summed E-state index contributed by atoms with van der Waals surface area (Å²) in [5, 5.41) is 5.18. The molecule has 4 rings (SSSR count). The van der Waals surface area contributed by atoms with Gasteiger partial charge in [0.05, 0.1) is 30.3 Å². The molecular formula is C25H29N3O3. The predicted molar refractivity (Wildman–Crippen MR) is 124 cm³/mol. The Hall–Kier alpha value is -3.15. The standard InChI is InChI=1S/C25H29N3O3/c1-3-30-22-15-14-18(16-23(22)31-4-2)17-26-28-24(19-10-6-5-7-11-19)27-21-13-9-8-12-20(21)25(28)29/h8-9,12-17,19H,3-7,10-11H2,1-2H3. The summed E-state index contributed by atoms with van der Waals surface area (Å²) in [7, 11) is 0. The third-order valence-electron chi connectivity index (χ3n) is 5.64. The Balaban J connectivity index is 1.76. The summed E-state index contributed by atoms with van der Waals surface area (Å²) in [6, 6.07) is 13.2. The number of fused-ring (bicyclic) bond motifs is 1. The van der Waals surface area contributed by atoms with E-state index in [0.29, 0.717) is 30.1 Å². The number of para-hydroxylation sites is 1. The molecule has 1 saturated carbocycles. The summed E-state index contributed by atoms with van der Waals surface area (Å²) in [6.07, 6.45) is 7.34. The Morgan fingerprint density at radius 1 is 1.03 bits per heavy atom. The molecule has 0 atom stereocenters. The fourth-order valence-electron chi connectivity index (χ4n) is 4.15. The molecule has 1 fully saturated rings. The molecule has 0 amide bonds. The van der Waals surface area contributed by atoms with Crippen LogP contribution in [-0.4, -0.2) is 29.1 Å². The van der Waals surface area contributed by atoms with Crippen LogP contribution in [0, 0.1) is 0 Å². The van der Waals surface area contributed by atoms with Crippen LogP contribution in [0.3, 0.4) is 0 Å². The predicted octanol–water partition coefficient (Wildman–Crippen LogP) is 5.12. The second kappa shape index (κ2) is 9.77. The lowest BCUT2D eigenvalue weighted by Gasteiger charge is -2.22. The molecule has 162 valence electrons. The highest BCUT2D eigenvalue weighted by Gasteiger charge is 2.22. The Morgan fingerprint density at radius 2 is 1.77 bits per heavy atom. The van der Waals surface area contributed by atoms with Gasteiger partial charge in [0.25, 0.3) is 5.56 Å². The summed E-state index contributed by atoms with van der Waals surface area (Å²) in [5.41, 5.74) is 1.44. The van der Waals surface area contributed by atoms with Gasteiger partial charge in [0.2, 0.25) is 0 Å². The first-order valence-electron chi connectivity index (χ1n) is 11.2. The summed E-state index contributed by atoms with van der Waals surface area (Å²) in [5.74, 6) is 2.39. The fraction of sp³-hybridized carbons (Fsp3) is 0.400. The first-order valence-corrected chi connectivity index (χ1v) is 11.2. The molecule has 31 heavy (non-hydrogen) atoms. The topological polar surface area (TPSA) is 65.7 Å². The largest absolute Gasteiger partial charge is 0.490 e. The van der Waals surface area contributed by atoms with Crippen molar-refractivity contribution in [2.24, 2.45) is 5.10 Å². The van der Waals surface area contributed by atoms with Gasteiger partial charge in [-0.2, -0.15) is 9.78 Å². The van der Waals surface area contributed by atoms with E-state index in [-0.39, 0.29) is 11.5 Å². The van der Waals surface area contributed by atoms with Crippen LogP contribution < -0.4 is 15.0 Å². The third-order valence-corrected chi connectivity index (χ3v) is 5.64. The van der Waals surface area contributed by atoms with Crippen LogP contribution in [0.5, 0.6) is 11.5 Å². The minimum atomic E-state index is -0.126. The van der Waals surface area contributed by atoms with Crippen LogP contribution in [0.2, 0.25) is 0 Å². The smallest absolute Gasteiger partial charge is 0.282 e. The van der Waals surface area contributed by atoms with Gasteiger partial charge in [-0.25, -0.2) is 4.98 Å². The van der Waals surface area contributed by atoms with Gasteiger partial charge >= 0.3 is 0 Å². The van der Waals surface area contributed by atoms with Crippen molar-refractivity contribution in [3.8, 4) is 11.5 Å². The molecule has 1 aliphatic rings. The Kier molecular flexibility index (Phi) is 6.65. The zero-order valence-electron chi connectivity index (χ0n) is 18.2. The Bertz CT molecular complexity index is 1130. The van der Waals surface area contributed by atoms with Crippen LogP contribution in [0.4, 0.5) is 0 Å². The molecule has 1 aromatic heterocycles. The molecule has 1 aliphatic carbocycles. The molecule has 6 nitrogen and oxygen atoms in total. The lowest BCUT2D eigenvalue weighted by Crippen LogP contribution is -2.25. The second-order valence-corrected chi connectivity index (χ2v) is 7.76. The number of rotatable bonds is 7. The number of aromatic nitrogens is 2.